The summed E-state index contributed by atoms with van der Waals surface area (Å²) in [6.07, 6.45) is 1.64. The van der Waals surface area contributed by atoms with Gasteiger partial charge in [0.15, 0.2) is 17.3 Å². The Bertz CT molecular complexity index is 1240. The van der Waals surface area contributed by atoms with Gasteiger partial charge in [-0.1, -0.05) is 23.8 Å². The summed E-state index contributed by atoms with van der Waals surface area (Å²) in [5, 5.41) is 0. The standard InChI is InChI=1S/C27H26O6/c1-16-6-7-17(2)19(10-16)15-32-20-8-9-21-23(13-20)33-26(27(21)28)12-18-11-24(30-4)25(31-5)14-22(18)29-3/h6-14H,15H2,1-5H3. The fraction of sp³-hybridized carbons (Fsp3) is 0.222. The molecule has 0 fully saturated rings. The van der Waals surface area contributed by atoms with Gasteiger partial charge in [0.1, 0.15) is 23.9 Å². The summed E-state index contributed by atoms with van der Waals surface area (Å²) < 4.78 is 28.0. The summed E-state index contributed by atoms with van der Waals surface area (Å²) in [6.45, 7) is 4.55. The SMILES string of the molecule is COc1cc(OC)c(OC)cc1C=C1Oc2cc(OCc3cc(C)ccc3C)ccc2C1=O. The highest BCUT2D eigenvalue weighted by atomic mass is 16.5. The summed E-state index contributed by atoms with van der Waals surface area (Å²) >= 11 is 0. The van der Waals surface area contributed by atoms with Crippen molar-refractivity contribution < 1.29 is 28.5 Å². The van der Waals surface area contributed by atoms with Gasteiger partial charge in [-0.3, -0.25) is 4.79 Å². The Morgan fingerprint density at radius 2 is 1.58 bits per heavy atom. The summed E-state index contributed by atoms with van der Waals surface area (Å²) in [5.41, 5.74) is 4.59. The number of benzene rings is 3. The van der Waals surface area contributed by atoms with Gasteiger partial charge >= 0.3 is 0 Å². The lowest BCUT2D eigenvalue weighted by molar-refractivity contribution is 0.101. The van der Waals surface area contributed by atoms with Gasteiger partial charge in [-0.05, 0) is 49.2 Å². The third-order valence-corrected chi connectivity index (χ3v) is 5.56. The van der Waals surface area contributed by atoms with Crippen molar-refractivity contribution in [3.63, 3.8) is 0 Å². The number of carbonyl (C=O) groups is 1. The van der Waals surface area contributed by atoms with Crippen molar-refractivity contribution in [1.82, 2.24) is 0 Å². The summed E-state index contributed by atoms with van der Waals surface area (Å²) in [4.78, 5) is 12.9. The van der Waals surface area contributed by atoms with Crippen molar-refractivity contribution in [2.75, 3.05) is 21.3 Å². The number of methoxy groups -OCH3 is 3. The maximum atomic E-state index is 12.9. The maximum Gasteiger partial charge on any atom is 0.231 e. The maximum absolute atomic E-state index is 12.9. The zero-order valence-corrected chi connectivity index (χ0v) is 19.4. The Morgan fingerprint density at radius 1 is 0.848 bits per heavy atom. The van der Waals surface area contributed by atoms with E-state index in [0.717, 1.165) is 5.56 Å². The van der Waals surface area contributed by atoms with Crippen LogP contribution in [-0.2, 0) is 6.61 Å². The Hall–Kier alpha value is -3.93. The third kappa shape index (κ3) is 4.51. The van der Waals surface area contributed by atoms with Gasteiger partial charge in [-0.25, -0.2) is 0 Å². The highest BCUT2D eigenvalue weighted by Crippen LogP contribution is 2.39. The van der Waals surface area contributed by atoms with Gasteiger partial charge in [0, 0.05) is 17.7 Å². The molecule has 1 aliphatic rings. The zero-order valence-electron chi connectivity index (χ0n) is 19.4. The van der Waals surface area contributed by atoms with Crippen molar-refractivity contribution in [3.05, 3.63) is 82.1 Å². The van der Waals surface area contributed by atoms with E-state index in [-0.39, 0.29) is 11.5 Å². The van der Waals surface area contributed by atoms with Crippen molar-refractivity contribution in [2.45, 2.75) is 20.5 Å². The second-order valence-corrected chi connectivity index (χ2v) is 7.77. The molecule has 170 valence electrons. The molecule has 1 aliphatic heterocycles. The molecule has 0 N–H and O–H groups in total. The van der Waals surface area contributed by atoms with E-state index in [4.69, 9.17) is 23.7 Å². The van der Waals surface area contributed by atoms with Crippen LogP contribution in [0.25, 0.3) is 6.08 Å². The van der Waals surface area contributed by atoms with E-state index in [1.807, 2.05) is 0 Å². The predicted octanol–water partition coefficient (Wildman–Crippen LogP) is 5.52. The fourth-order valence-corrected chi connectivity index (χ4v) is 3.68. The number of hydrogen-bond donors (Lipinski definition) is 0. The summed E-state index contributed by atoms with van der Waals surface area (Å²) in [5.74, 6) is 2.67. The molecule has 33 heavy (non-hydrogen) atoms. The number of ether oxygens (including phenoxy) is 5. The molecule has 0 saturated carbocycles. The molecular formula is C27H26O6. The number of aryl methyl sites for hydroxylation is 2. The van der Waals surface area contributed by atoms with Crippen LogP contribution in [0.4, 0.5) is 0 Å². The van der Waals surface area contributed by atoms with E-state index in [1.54, 1.807) is 57.7 Å². The monoisotopic (exact) mass is 446 g/mol. The molecule has 0 spiro atoms. The molecule has 1 heterocycles. The van der Waals surface area contributed by atoms with E-state index in [1.165, 1.54) is 11.1 Å². The predicted molar refractivity (Wildman–Crippen MR) is 126 cm³/mol. The van der Waals surface area contributed by atoms with E-state index < -0.39 is 0 Å². The van der Waals surface area contributed by atoms with Crippen LogP contribution in [0.1, 0.15) is 32.6 Å². The third-order valence-electron chi connectivity index (χ3n) is 5.56. The largest absolute Gasteiger partial charge is 0.496 e. The molecule has 3 aromatic carbocycles. The van der Waals surface area contributed by atoms with Crippen LogP contribution < -0.4 is 23.7 Å². The fourth-order valence-electron chi connectivity index (χ4n) is 3.68. The van der Waals surface area contributed by atoms with Crippen LogP contribution in [0.3, 0.4) is 0 Å². The first-order chi connectivity index (χ1) is 15.9. The van der Waals surface area contributed by atoms with Crippen LogP contribution in [0.15, 0.2) is 54.3 Å². The zero-order chi connectivity index (χ0) is 23.5. The van der Waals surface area contributed by atoms with Crippen molar-refractivity contribution in [1.29, 1.82) is 0 Å². The molecule has 0 atom stereocenters. The Balaban J connectivity index is 1.58. The topological polar surface area (TPSA) is 63.2 Å². The first-order valence-corrected chi connectivity index (χ1v) is 10.5. The van der Waals surface area contributed by atoms with Gasteiger partial charge in [0.05, 0.1) is 26.9 Å². The number of Topliss-reactive ketones (excluding diaryl/α,β-unsaturated/α-hetero) is 1. The van der Waals surface area contributed by atoms with Gasteiger partial charge in [0.2, 0.25) is 5.78 Å². The second kappa shape index (κ2) is 9.28. The van der Waals surface area contributed by atoms with Gasteiger partial charge in [-0.15, -0.1) is 0 Å². The van der Waals surface area contributed by atoms with E-state index >= 15 is 0 Å². The van der Waals surface area contributed by atoms with Gasteiger partial charge < -0.3 is 23.7 Å². The molecule has 0 saturated heterocycles. The van der Waals surface area contributed by atoms with Gasteiger partial charge in [-0.2, -0.15) is 0 Å². The van der Waals surface area contributed by atoms with E-state index in [9.17, 15) is 4.79 Å². The number of rotatable bonds is 7. The summed E-state index contributed by atoms with van der Waals surface area (Å²) in [6, 6.07) is 15.0. The molecule has 0 aliphatic carbocycles. The second-order valence-electron chi connectivity index (χ2n) is 7.77. The summed E-state index contributed by atoms with van der Waals surface area (Å²) in [7, 11) is 4.65. The number of allylic oxidation sites excluding steroid dienone is 1. The highest BCUT2D eigenvalue weighted by Gasteiger charge is 2.28. The number of carbonyl (C=O) groups excluding carboxylic acids is 1. The molecule has 6 nitrogen and oxygen atoms in total. The molecule has 3 aromatic rings. The molecule has 4 rings (SSSR count). The average Bonchev–Trinajstić information content (AvgIpc) is 3.13. The molecule has 0 radical (unpaired) electrons. The van der Waals surface area contributed by atoms with Gasteiger partial charge in [0.25, 0.3) is 0 Å². The lowest BCUT2D eigenvalue weighted by atomic mass is 10.1. The average molecular weight is 446 g/mol. The molecule has 0 amide bonds. The number of ketones is 1. The smallest absolute Gasteiger partial charge is 0.231 e. The van der Waals surface area contributed by atoms with Crippen molar-refractivity contribution in [2.24, 2.45) is 0 Å². The first-order valence-electron chi connectivity index (χ1n) is 10.5. The lowest BCUT2D eigenvalue weighted by Crippen LogP contribution is -2.00. The molecule has 0 aromatic heterocycles. The molecule has 6 heteroatoms. The normalized spacial score (nSPS) is 13.5. The van der Waals surface area contributed by atoms with Crippen LogP contribution in [0, 0.1) is 13.8 Å². The minimum Gasteiger partial charge on any atom is -0.496 e. The van der Waals surface area contributed by atoms with Crippen LogP contribution in [0.5, 0.6) is 28.7 Å². The van der Waals surface area contributed by atoms with Crippen LogP contribution >= 0.6 is 0 Å². The lowest BCUT2D eigenvalue weighted by Gasteiger charge is -2.12. The minimum absolute atomic E-state index is 0.196. The van der Waals surface area contributed by atoms with Crippen LogP contribution in [0.2, 0.25) is 0 Å². The molecule has 0 unspecified atom stereocenters. The first kappa shape index (κ1) is 22.3. The van der Waals surface area contributed by atoms with Crippen molar-refractivity contribution in [3.8, 4) is 28.7 Å². The Morgan fingerprint density at radius 3 is 2.30 bits per heavy atom. The molecule has 0 bridgehead atoms. The van der Waals surface area contributed by atoms with E-state index in [0.29, 0.717) is 46.5 Å². The Labute approximate surface area is 193 Å². The van der Waals surface area contributed by atoms with E-state index in [2.05, 4.69) is 32.0 Å². The highest BCUT2D eigenvalue weighted by molar-refractivity contribution is 6.14. The Kier molecular flexibility index (Phi) is 6.27. The molecular weight excluding hydrogens is 420 g/mol. The number of fused-ring (bicyclic) bond motifs is 1. The van der Waals surface area contributed by atoms with Crippen molar-refractivity contribution >= 4 is 11.9 Å². The minimum atomic E-state index is -0.206. The number of hydrogen-bond acceptors (Lipinski definition) is 6. The quantitative estimate of drug-likeness (QED) is 0.445. The van der Waals surface area contributed by atoms with Crippen LogP contribution in [-0.4, -0.2) is 27.1 Å².